The summed E-state index contributed by atoms with van der Waals surface area (Å²) in [6.45, 7) is 2.07. The lowest BCUT2D eigenvalue weighted by molar-refractivity contribution is -0.141. The van der Waals surface area contributed by atoms with Crippen LogP contribution < -0.4 is 19.1 Å². The summed E-state index contributed by atoms with van der Waals surface area (Å²) in [7, 11) is -0.556. The molecule has 1 unspecified atom stereocenters. The average Bonchev–Trinajstić information content (AvgIpc) is 3.41. The van der Waals surface area contributed by atoms with Crippen LogP contribution in [0.15, 0.2) is 48.5 Å². The number of methoxy groups -OCH3 is 2. The minimum atomic E-state index is -3.62. The molecule has 2 amide bonds. The first-order valence-corrected chi connectivity index (χ1v) is 14.8. The molecule has 2 aromatic rings. The summed E-state index contributed by atoms with van der Waals surface area (Å²) >= 11 is 0. The van der Waals surface area contributed by atoms with Crippen LogP contribution >= 0.6 is 0 Å². The molecule has 0 aliphatic heterocycles. The zero-order valence-electron chi connectivity index (χ0n) is 22.7. The SMILES string of the molecule is COc1cccc(CN(C(=O)CCCN(c2ccccc2OC)S(C)(=O)=O)C(C)C(=O)NC2CCCC2)c1. The molecule has 3 rings (SSSR count). The molecule has 9 nitrogen and oxygen atoms in total. The van der Waals surface area contributed by atoms with Gasteiger partial charge in [0.15, 0.2) is 0 Å². The molecule has 208 valence electrons. The second kappa shape index (κ2) is 13.5. The van der Waals surface area contributed by atoms with E-state index in [0.29, 0.717) is 17.2 Å². The second-order valence-electron chi connectivity index (χ2n) is 9.65. The smallest absolute Gasteiger partial charge is 0.242 e. The highest BCUT2D eigenvalue weighted by molar-refractivity contribution is 7.92. The number of hydrogen-bond acceptors (Lipinski definition) is 6. The van der Waals surface area contributed by atoms with E-state index < -0.39 is 16.1 Å². The van der Waals surface area contributed by atoms with E-state index in [1.165, 1.54) is 11.4 Å². The van der Waals surface area contributed by atoms with Gasteiger partial charge < -0.3 is 19.7 Å². The number of hydrogen-bond donors (Lipinski definition) is 1. The van der Waals surface area contributed by atoms with Crippen molar-refractivity contribution in [1.29, 1.82) is 0 Å². The van der Waals surface area contributed by atoms with E-state index in [4.69, 9.17) is 9.47 Å². The number of amides is 2. The van der Waals surface area contributed by atoms with E-state index in [1.807, 2.05) is 24.3 Å². The van der Waals surface area contributed by atoms with Crippen molar-refractivity contribution in [3.8, 4) is 11.5 Å². The molecule has 0 bridgehead atoms. The van der Waals surface area contributed by atoms with Gasteiger partial charge in [0.25, 0.3) is 0 Å². The quantitative estimate of drug-likeness (QED) is 0.411. The Hall–Kier alpha value is -3.27. The van der Waals surface area contributed by atoms with Gasteiger partial charge in [0.05, 0.1) is 26.2 Å². The van der Waals surface area contributed by atoms with Crippen molar-refractivity contribution in [2.75, 3.05) is 31.3 Å². The molecular weight excluding hydrogens is 506 g/mol. The van der Waals surface area contributed by atoms with Gasteiger partial charge in [-0.05, 0) is 56.0 Å². The number of nitrogens with one attached hydrogen (secondary N) is 1. The second-order valence-corrected chi connectivity index (χ2v) is 11.6. The lowest BCUT2D eigenvalue weighted by Gasteiger charge is -2.30. The number of carbonyl (C=O) groups excluding carboxylic acids is 2. The number of para-hydroxylation sites is 2. The molecule has 0 radical (unpaired) electrons. The molecule has 38 heavy (non-hydrogen) atoms. The van der Waals surface area contributed by atoms with Crippen LogP contribution in [0, 0.1) is 0 Å². The Bertz CT molecular complexity index is 1200. The number of nitrogens with zero attached hydrogens (tertiary/aromatic N) is 2. The fraction of sp³-hybridized carbons (Fsp3) is 0.500. The van der Waals surface area contributed by atoms with Crippen LogP contribution in [0.25, 0.3) is 0 Å². The lowest BCUT2D eigenvalue weighted by atomic mass is 10.1. The summed E-state index contributed by atoms with van der Waals surface area (Å²) in [6.07, 6.45) is 5.57. The first-order valence-electron chi connectivity index (χ1n) is 13.0. The first kappa shape index (κ1) is 29.3. The van der Waals surface area contributed by atoms with Crippen LogP contribution in [0.2, 0.25) is 0 Å². The van der Waals surface area contributed by atoms with Gasteiger partial charge in [-0.25, -0.2) is 8.42 Å². The molecule has 1 fully saturated rings. The summed E-state index contributed by atoms with van der Waals surface area (Å²) in [6, 6.07) is 13.7. The third-order valence-electron chi connectivity index (χ3n) is 6.86. The summed E-state index contributed by atoms with van der Waals surface area (Å²) in [5.74, 6) is 0.690. The van der Waals surface area contributed by atoms with Crippen molar-refractivity contribution >= 4 is 27.5 Å². The normalized spacial score (nSPS) is 14.5. The Morgan fingerprint density at radius 2 is 1.76 bits per heavy atom. The predicted molar refractivity (Wildman–Crippen MR) is 148 cm³/mol. The Morgan fingerprint density at radius 3 is 2.42 bits per heavy atom. The van der Waals surface area contributed by atoms with Crippen molar-refractivity contribution in [1.82, 2.24) is 10.2 Å². The Balaban J connectivity index is 1.75. The first-order chi connectivity index (χ1) is 18.1. The minimum absolute atomic E-state index is 0.0756. The van der Waals surface area contributed by atoms with Gasteiger partial charge in [0, 0.05) is 25.6 Å². The summed E-state index contributed by atoms with van der Waals surface area (Å²) in [4.78, 5) is 28.2. The van der Waals surface area contributed by atoms with Crippen molar-refractivity contribution in [2.45, 2.75) is 64.1 Å². The average molecular weight is 546 g/mol. The highest BCUT2D eigenvalue weighted by Gasteiger charge is 2.29. The third kappa shape index (κ3) is 7.86. The number of benzene rings is 2. The van der Waals surface area contributed by atoms with Crippen LogP contribution in [-0.4, -0.2) is 64.2 Å². The largest absolute Gasteiger partial charge is 0.497 e. The third-order valence-corrected chi connectivity index (χ3v) is 8.04. The van der Waals surface area contributed by atoms with E-state index in [-0.39, 0.29) is 43.8 Å². The van der Waals surface area contributed by atoms with E-state index in [0.717, 1.165) is 37.5 Å². The van der Waals surface area contributed by atoms with Crippen molar-refractivity contribution in [3.63, 3.8) is 0 Å². The highest BCUT2D eigenvalue weighted by atomic mass is 32.2. The van der Waals surface area contributed by atoms with Crippen LogP contribution in [-0.2, 0) is 26.2 Å². The van der Waals surface area contributed by atoms with Gasteiger partial charge in [-0.15, -0.1) is 0 Å². The van der Waals surface area contributed by atoms with E-state index >= 15 is 0 Å². The van der Waals surface area contributed by atoms with E-state index in [9.17, 15) is 18.0 Å². The maximum Gasteiger partial charge on any atom is 0.242 e. The number of anilines is 1. The van der Waals surface area contributed by atoms with Crippen LogP contribution in [0.4, 0.5) is 5.69 Å². The van der Waals surface area contributed by atoms with Crippen LogP contribution in [0.5, 0.6) is 11.5 Å². The molecule has 0 heterocycles. The molecule has 1 saturated carbocycles. The maximum atomic E-state index is 13.5. The molecule has 1 N–H and O–H groups in total. The monoisotopic (exact) mass is 545 g/mol. The fourth-order valence-electron chi connectivity index (χ4n) is 4.76. The van der Waals surface area contributed by atoms with Crippen molar-refractivity contribution in [3.05, 3.63) is 54.1 Å². The number of carbonyl (C=O) groups is 2. The van der Waals surface area contributed by atoms with E-state index in [2.05, 4.69) is 5.32 Å². The molecule has 1 atom stereocenters. The van der Waals surface area contributed by atoms with Gasteiger partial charge in [-0.3, -0.25) is 13.9 Å². The fourth-order valence-corrected chi connectivity index (χ4v) is 5.73. The summed E-state index contributed by atoms with van der Waals surface area (Å²) in [5, 5.41) is 3.09. The summed E-state index contributed by atoms with van der Waals surface area (Å²) < 4.78 is 37.1. The zero-order valence-corrected chi connectivity index (χ0v) is 23.5. The lowest BCUT2D eigenvalue weighted by Crippen LogP contribution is -2.49. The van der Waals surface area contributed by atoms with Gasteiger partial charge in [-0.1, -0.05) is 37.1 Å². The maximum absolute atomic E-state index is 13.5. The Morgan fingerprint density at radius 1 is 1.05 bits per heavy atom. The summed E-state index contributed by atoms with van der Waals surface area (Å²) in [5.41, 5.74) is 1.26. The molecule has 2 aromatic carbocycles. The van der Waals surface area contributed by atoms with Gasteiger partial charge in [-0.2, -0.15) is 0 Å². The van der Waals surface area contributed by atoms with Gasteiger partial charge in [0.2, 0.25) is 21.8 Å². The molecule has 10 heteroatoms. The van der Waals surface area contributed by atoms with Gasteiger partial charge >= 0.3 is 0 Å². The Labute approximate surface area is 226 Å². The molecule has 0 aromatic heterocycles. The van der Waals surface area contributed by atoms with Crippen molar-refractivity contribution < 1.29 is 27.5 Å². The number of rotatable bonds is 13. The highest BCUT2D eigenvalue weighted by Crippen LogP contribution is 2.30. The molecular formula is C28H39N3O6S. The van der Waals surface area contributed by atoms with Gasteiger partial charge in [0.1, 0.15) is 17.5 Å². The molecule has 1 aliphatic rings. The standard InChI is InChI=1S/C28H39N3O6S/c1-21(28(33)29-23-12-5-6-13-23)30(20-22-11-9-14-24(19-22)36-2)27(32)17-10-18-31(38(4,34)35)25-15-7-8-16-26(25)37-3/h7-9,11,14-16,19,21,23H,5-6,10,12-13,17-18,20H2,1-4H3,(H,29,33). The predicted octanol–water partition coefficient (Wildman–Crippen LogP) is 3.73. The number of ether oxygens (including phenoxy) is 2. The topological polar surface area (TPSA) is 105 Å². The molecule has 1 aliphatic carbocycles. The Kier molecular flexibility index (Phi) is 10.4. The van der Waals surface area contributed by atoms with E-state index in [1.54, 1.807) is 43.2 Å². The van der Waals surface area contributed by atoms with Crippen LogP contribution in [0.3, 0.4) is 0 Å². The number of sulfonamides is 1. The minimum Gasteiger partial charge on any atom is -0.497 e. The zero-order chi connectivity index (χ0) is 27.7. The molecule has 0 saturated heterocycles. The molecule has 0 spiro atoms. The van der Waals surface area contributed by atoms with Crippen molar-refractivity contribution in [2.24, 2.45) is 0 Å². The van der Waals surface area contributed by atoms with Crippen LogP contribution in [0.1, 0.15) is 51.0 Å².